The second-order valence-electron chi connectivity index (χ2n) is 13.4. The lowest BCUT2D eigenvalue weighted by molar-refractivity contribution is -0.123. The van der Waals surface area contributed by atoms with Crippen LogP contribution >= 0.6 is 0 Å². The maximum Gasteiger partial charge on any atom is 0.267 e. The molecule has 0 aliphatic rings. The molecule has 0 saturated heterocycles. The minimum Gasteiger partial charge on any atom is -0.355 e. The minimum atomic E-state index is -4.00. The van der Waals surface area contributed by atoms with Gasteiger partial charge in [-0.25, -0.2) is 0 Å². The van der Waals surface area contributed by atoms with Crippen LogP contribution in [-0.2, 0) is 51.0 Å². The quantitative estimate of drug-likeness (QED) is 0.133. The molecule has 2 rings (SSSR count). The average molecular weight is 697 g/mol. The fraction of sp³-hybridized carbons (Fsp3) is 0.576. The van der Waals surface area contributed by atoms with Gasteiger partial charge in [0.1, 0.15) is 0 Å². The topological polar surface area (TPSA) is 197 Å². The predicted molar refractivity (Wildman–Crippen MR) is 183 cm³/mol. The highest BCUT2D eigenvalue weighted by Crippen LogP contribution is 2.23. The van der Waals surface area contributed by atoms with Crippen molar-refractivity contribution in [1.82, 2.24) is 10.6 Å². The smallest absolute Gasteiger partial charge is 0.267 e. The molecule has 0 saturated carbocycles. The largest absolute Gasteiger partial charge is 0.355 e. The first-order valence-corrected chi connectivity index (χ1v) is 18.9. The van der Waals surface area contributed by atoms with Gasteiger partial charge in [0, 0.05) is 13.1 Å². The van der Waals surface area contributed by atoms with Crippen LogP contribution in [-0.4, -0.2) is 78.5 Å². The monoisotopic (exact) mass is 696 g/mol. The zero-order valence-corrected chi connectivity index (χ0v) is 29.6. The van der Waals surface area contributed by atoms with Crippen LogP contribution in [0.4, 0.5) is 0 Å². The number of hydrogen-bond acceptors (Lipinski definition) is 10. The van der Waals surface area contributed by atoms with Crippen molar-refractivity contribution in [2.45, 2.75) is 71.9 Å². The van der Waals surface area contributed by atoms with Crippen molar-refractivity contribution in [3.05, 3.63) is 71.8 Å². The summed E-state index contributed by atoms with van der Waals surface area (Å²) < 4.78 is 60.2. The van der Waals surface area contributed by atoms with E-state index in [0.717, 1.165) is 11.1 Å². The standard InChI is InChI=1S/C33H52N4O8S2/c1-32(2,16-18-36-30(38)28(34)22-26-12-7-5-8-13-26)24-44-46(40,41)20-11-21-47(42,43)45-25-33(3,4)17-19-37-31(39)29(35)23-27-14-9-6-10-15-27/h5-10,12-15,28-29H,11,16-25,34-35H2,1-4H3,(H,36,38)(H,37,39)/t28-,29-/m1/s1. The third-order valence-corrected chi connectivity index (χ3v) is 10.1. The summed E-state index contributed by atoms with van der Waals surface area (Å²) in [5.74, 6) is -1.57. The van der Waals surface area contributed by atoms with E-state index in [1.165, 1.54) is 0 Å². The van der Waals surface area contributed by atoms with Crippen molar-refractivity contribution >= 4 is 32.1 Å². The van der Waals surface area contributed by atoms with Crippen LogP contribution in [0, 0.1) is 10.8 Å². The second-order valence-corrected chi connectivity index (χ2v) is 16.9. The number of rotatable bonds is 22. The van der Waals surface area contributed by atoms with Crippen molar-refractivity contribution in [3.63, 3.8) is 0 Å². The van der Waals surface area contributed by atoms with Crippen LogP contribution in [0.15, 0.2) is 60.7 Å². The Morgan fingerprint density at radius 3 is 1.34 bits per heavy atom. The van der Waals surface area contributed by atoms with Crippen molar-refractivity contribution in [1.29, 1.82) is 0 Å². The molecule has 0 radical (unpaired) electrons. The highest BCUT2D eigenvalue weighted by atomic mass is 32.2. The summed E-state index contributed by atoms with van der Waals surface area (Å²) >= 11 is 0. The van der Waals surface area contributed by atoms with Crippen LogP contribution in [0.25, 0.3) is 0 Å². The Hall–Kier alpha value is -2.88. The lowest BCUT2D eigenvalue weighted by atomic mass is 9.90. The summed E-state index contributed by atoms with van der Waals surface area (Å²) in [6, 6.07) is 17.5. The molecule has 2 aromatic rings. The molecule has 0 heterocycles. The van der Waals surface area contributed by atoms with E-state index in [4.69, 9.17) is 19.8 Å². The Morgan fingerprint density at radius 1 is 0.660 bits per heavy atom. The first kappa shape index (κ1) is 40.3. The van der Waals surface area contributed by atoms with E-state index in [9.17, 15) is 26.4 Å². The van der Waals surface area contributed by atoms with E-state index in [-0.39, 0.29) is 44.5 Å². The maximum atomic E-state index is 12.5. The lowest BCUT2D eigenvalue weighted by Crippen LogP contribution is -2.43. The Labute approximate surface area is 280 Å². The van der Waals surface area contributed by atoms with Crippen molar-refractivity contribution in [2.75, 3.05) is 37.8 Å². The third kappa shape index (κ3) is 17.2. The fourth-order valence-corrected chi connectivity index (χ4v) is 6.82. The summed E-state index contributed by atoms with van der Waals surface area (Å²) in [6.45, 7) is 7.55. The zero-order chi connectivity index (χ0) is 35.1. The summed E-state index contributed by atoms with van der Waals surface area (Å²) in [5.41, 5.74) is 12.7. The van der Waals surface area contributed by atoms with E-state index < -0.39 is 54.7 Å². The third-order valence-electron chi connectivity index (χ3n) is 7.52. The molecule has 0 aromatic heterocycles. The molecule has 6 N–H and O–H groups in total. The minimum absolute atomic E-state index is 0.133. The number of nitrogens with two attached hydrogens (primary N) is 2. The van der Waals surface area contributed by atoms with Crippen molar-refractivity contribution in [2.24, 2.45) is 22.3 Å². The number of hydrogen-bond donors (Lipinski definition) is 4. The number of nitrogens with one attached hydrogen (secondary N) is 2. The van der Waals surface area contributed by atoms with Gasteiger partial charge in [-0.15, -0.1) is 0 Å². The number of benzene rings is 2. The molecule has 47 heavy (non-hydrogen) atoms. The van der Waals surface area contributed by atoms with Gasteiger partial charge in [-0.3, -0.25) is 18.0 Å². The summed E-state index contributed by atoms with van der Waals surface area (Å²) in [4.78, 5) is 24.7. The second kappa shape index (κ2) is 18.6. The molecule has 12 nitrogen and oxygen atoms in total. The molecular weight excluding hydrogens is 645 g/mol. The van der Waals surface area contributed by atoms with Crippen LogP contribution in [0.5, 0.6) is 0 Å². The van der Waals surface area contributed by atoms with E-state index in [1.807, 2.05) is 88.4 Å². The van der Waals surface area contributed by atoms with Gasteiger partial charge in [0.2, 0.25) is 11.8 Å². The van der Waals surface area contributed by atoms with Crippen molar-refractivity contribution in [3.8, 4) is 0 Å². The van der Waals surface area contributed by atoms with E-state index in [0.29, 0.717) is 25.7 Å². The van der Waals surface area contributed by atoms with Gasteiger partial charge < -0.3 is 22.1 Å². The number of carbonyl (C=O) groups is 2. The molecule has 264 valence electrons. The number of amides is 2. The molecule has 0 aliphatic heterocycles. The van der Waals surface area contributed by atoms with Gasteiger partial charge >= 0.3 is 0 Å². The molecule has 14 heteroatoms. The van der Waals surface area contributed by atoms with Gasteiger partial charge in [-0.2, -0.15) is 16.8 Å². The molecule has 2 atom stereocenters. The van der Waals surface area contributed by atoms with Gasteiger partial charge in [0.05, 0.1) is 36.8 Å². The Morgan fingerprint density at radius 2 is 1.00 bits per heavy atom. The molecule has 0 fully saturated rings. The SMILES string of the molecule is CC(C)(CCNC(=O)[C@H](N)Cc1ccccc1)COS(=O)(=O)CCCS(=O)(=O)OCC(C)(C)CCNC(=O)[C@H](N)Cc1ccccc1. The fourth-order valence-electron chi connectivity index (χ4n) is 4.41. The molecule has 0 bridgehead atoms. The van der Waals surface area contributed by atoms with Gasteiger partial charge in [0.15, 0.2) is 0 Å². The van der Waals surface area contributed by atoms with Crippen LogP contribution < -0.4 is 22.1 Å². The van der Waals surface area contributed by atoms with E-state index in [2.05, 4.69) is 10.6 Å². The van der Waals surface area contributed by atoms with Crippen molar-refractivity contribution < 1.29 is 34.8 Å². The Bertz CT molecular complexity index is 1360. The molecular formula is C33H52N4O8S2. The van der Waals surface area contributed by atoms with Gasteiger partial charge in [-0.1, -0.05) is 88.4 Å². The zero-order valence-electron chi connectivity index (χ0n) is 27.9. The summed E-state index contributed by atoms with van der Waals surface area (Å²) in [5, 5.41) is 5.57. The Balaban J connectivity index is 1.65. The molecule has 0 unspecified atom stereocenters. The van der Waals surface area contributed by atoms with Crippen LogP contribution in [0.1, 0.15) is 58.1 Å². The highest BCUT2D eigenvalue weighted by Gasteiger charge is 2.26. The molecule has 0 aliphatic carbocycles. The first-order valence-electron chi connectivity index (χ1n) is 15.8. The first-order chi connectivity index (χ1) is 21.9. The molecule has 2 amide bonds. The summed E-state index contributed by atoms with van der Waals surface area (Å²) in [6.07, 6.45) is 1.49. The highest BCUT2D eigenvalue weighted by molar-refractivity contribution is 7.87. The van der Waals surface area contributed by atoms with E-state index in [1.54, 1.807) is 0 Å². The lowest BCUT2D eigenvalue weighted by Gasteiger charge is -2.25. The van der Waals surface area contributed by atoms with Gasteiger partial charge in [0.25, 0.3) is 20.2 Å². The average Bonchev–Trinajstić information content (AvgIpc) is 3.00. The summed E-state index contributed by atoms with van der Waals surface area (Å²) in [7, 11) is -7.99. The van der Waals surface area contributed by atoms with Crippen LogP contribution in [0.2, 0.25) is 0 Å². The van der Waals surface area contributed by atoms with Crippen LogP contribution in [0.3, 0.4) is 0 Å². The normalized spacial score (nSPS) is 13.9. The molecule has 2 aromatic carbocycles. The predicted octanol–water partition coefficient (Wildman–Crippen LogP) is 2.27. The number of carbonyl (C=O) groups excluding carboxylic acids is 2. The maximum absolute atomic E-state index is 12.5. The van der Waals surface area contributed by atoms with Gasteiger partial charge in [-0.05, 0) is 54.1 Å². The molecule has 0 spiro atoms. The van der Waals surface area contributed by atoms with E-state index >= 15 is 0 Å². The Kier molecular flexibility index (Phi) is 16.0.